The monoisotopic (exact) mass is 351 g/mol. The van der Waals surface area contributed by atoms with E-state index in [-0.39, 0.29) is 5.91 Å². The van der Waals surface area contributed by atoms with Gasteiger partial charge >= 0.3 is 0 Å². The minimum Gasteiger partial charge on any atom is -0.348 e. The third kappa shape index (κ3) is 3.04. The molecule has 0 spiro atoms. The van der Waals surface area contributed by atoms with Crippen molar-refractivity contribution in [1.29, 1.82) is 0 Å². The predicted molar refractivity (Wildman–Crippen MR) is 85.5 cm³/mol. The number of likely N-dealkylation sites (tertiary alicyclic amines) is 1. The van der Waals surface area contributed by atoms with Crippen LogP contribution in [0.2, 0.25) is 0 Å². The third-order valence-corrected chi connectivity index (χ3v) is 5.35. The number of halogens is 1. The van der Waals surface area contributed by atoms with Crippen molar-refractivity contribution in [2.75, 3.05) is 13.1 Å². The van der Waals surface area contributed by atoms with Crippen molar-refractivity contribution in [3.05, 3.63) is 22.4 Å². The lowest BCUT2D eigenvalue weighted by molar-refractivity contribution is 0.0899. The van der Waals surface area contributed by atoms with E-state index in [9.17, 15) is 4.79 Å². The molecule has 0 unspecified atom stereocenters. The lowest BCUT2D eigenvalue weighted by atomic mass is 10.0. The first kappa shape index (κ1) is 13.8. The Morgan fingerprint density at radius 1 is 1.10 bits per heavy atom. The van der Waals surface area contributed by atoms with Crippen LogP contribution < -0.4 is 5.32 Å². The molecule has 2 heterocycles. The van der Waals surface area contributed by atoms with E-state index in [2.05, 4.69) is 30.7 Å². The van der Waals surface area contributed by atoms with Gasteiger partial charge in [-0.05, 0) is 60.5 Å². The second-order valence-corrected chi connectivity index (χ2v) is 7.61. The molecular formula is C16H22BrN3O. The summed E-state index contributed by atoms with van der Waals surface area (Å²) in [6.07, 6.45) is 9.37. The van der Waals surface area contributed by atoms with Crippen LogP contribution in [-0.2, 0) is 0 Å². The Hall–Kier alpha value is -0.810. The molecule has 1 saturated heterocycles. The first-order valence-electron chi connectivity index (χ1n) is 8.13. The van der Waals surface area contributed by atoms with Gasteiger partial charge in [-0.1, -0.05) is 0 Å². The summed E-state index contributed by atoms with van der Waals surface area (Å²) in [6.45, 7) is 2.28. The van der Waals surface area contributed by atoms with Crippen LogP contribution in [0.4, 0.5) is 0 Å². The van der Waals surface area contributed by atoms with Gasteiger partial charge in [0.25, 0.3) is 5.91 Å². The highest BCUT2D eigenvalue weighted by Crippen LogP contribution is 2.37. The standard InChI is InChI=1S/C16H22BrN3O/c17-11-9-15(20(10-11)14-3-4-14)16(21)18-12-5-7-19(8-6-12)13-1-2-13/h9-10,12-14H,1-8H2,(H,18,21). The molecule has 21 heavy (non-hydrogen) atoms. The number of rotatable bonds is 4. The molecule has 1 aromatic rings. The molecule has 114 valence electrons. The van der Waals surface area contributed by atoms with Crippen molar-refractivity contribution in [2.24, 2.45) is 0 Å². The van der Waals surface area contributed by atoms with Gasteiger partial charge in [-0.3, -0.25) is 4.79 Å². The van der Waals surface area contributed by atoms with Crippen LogP contribution in [0, 0.1) is 0 Å². The van der Waals surface area contributed by atoms with E-state index in [0.29, 0.717) is 12.1 Å². The molecule has 3 aliphatic rings. The molecule has 0 atom stereocenters. The van der Waals surface area contributed by atoms with Gasteiger partial charge in [0, 0.05) is 41.9 Å². The van der Waals surface area contributed by atoms with Crippen molar-refractivity contribution in [1.82, 2.24) is 14.8 Å². The molecule has 1 amide bonds. The van der Waals surface area contributed by atoms with Crippen LogP contribution >= 0.6 is 15.9 Å². The number of hydrogen-bond acceptors (Lipinski definition) is 2. The average molecular weight is 352 g/mol. The van der Waals surface area contributed by atoms with Crippen molar-refractivity contribution >= 4 is 21.8 Å². The zero-order chi connectivity index (χ0) is 14.4. The predicted octanol–water partition coefficient (Wildman–Crippen LogP) is 2.94. The number of piperidine rings is 1. The van der Waals surface area contributed by atoms with Crippen LogP contribution in [0.1, 0.15) is 55.1 Å². The van der Waals surface area contributed by atoms with E-state index in [4.69, 9.17) is 0 Å². The van der Waals surface area contributed by atoms with E-state index < -0.39 is 0 Å². The fourth-order valence-electron chi connectivity index (χ4n) is 3.39. The van der Waals surface area contributed by atoms with E-state index in [1.165, 1.54) is 25.7 Å². The fourth-order valence-corrected chi connectivity index (χ4v) is 3.83. The summed E-state index contributed by atoms with van der Waals surface area (Å²) in [5, 5.41) is 3.24. The van der Waals surface area contributed by atoms with Crippen LogP contribution in [0.5, 0.6) is 0 Å². The summed E-state index contributed by atoms with van der Waals surface area (Å²) in [6, 6.07) is 3.68. The Morgan fingerprint density at radius 3 is 2.38 bits per heavy atom. The van der Waals surface area contributed by atoms with Crippen LogP contribution in [0.25, 0.3) is 0 Å². The van der Waals surface area contributed by atoms with Gasteiger partial charge in [-0.2, -0.15) is 0 Å². The zero-order valence-corrected chi connectivity index (χ0v) is 13.8. The number of hydrogen-bond donors (Lipinski definition) is 1. The van der Waals surface area contributed by atoms with E-state index in [1.807, 2.05) is 12.3 Å². The van der Waals surface area contributed by atoms with Gasteiger partial charge < -0.3 is 14.8 Å². The SMILES string of the molecule is O=C(NC1CCN(C2CC2)CC1)c1cc(Br)cn1C1CC1. The zero-order valence-electron chi connectivity index (χ0n) is 12.2. The van der Waals surface area contributed by atoms with Gasteiger partial charge in [0.2, 0.25) is 0 Å². The maximum Gasteiger partial charge on any atom is 0.268 e. The van der Waals surface area contributed by atoms with Crippen LogP contribution in [0.15, 0.2) is 16.7 Å². The van der Waals surface area contributed by atoms with Crippen molar-refractivity contribution < 1.29 is 4.79 Å². The lowest BCUT2D eigenvalue weighted by Crippen LogP contribution is -2.45. The number of carbonyl (C=O) groups excluding carboxylic acids is 1. The Morgan fingerprint density at radius 2 is 1.76 bits per heavy atom. The van der Waals surface area contributed by atoms with Crippen molar-refractivity contribution in [2.45, 2.75) is 56.7 Å². The van der Waals surface area contributed by atoms with E-state index >= 15 is 0 Å². The number of aromatic nitrogens is 1. The average Bonchev–Trinajstić information content (AvgIpc) is 3.37. The second kappa shape index (κ2) is 5.43. The number of amides is 1. The number of carbonyl (C=O) groups is 1. The normalized spacial score (nSPS) is 24.2. The summed E-state index contributed by atoms with van der Waals surface area (Å²) >= 11 is 3.50. The molecule has 0 radical (unpaired) electrons. The largest absolute Gasteiger partial charge is 0.348 e. The second-order valence-electron chi connectivity index (χ2n) is 6.70. The molecule has 2 saturated carbocycles. The third-order valence-electron chi connectivity index (χ3n) is 4.92. The fraction of sp³-hybridized carbons (Fsp3) is 0.688. The molecule has 0 aromatic carbocycles. The molecule has 1 aliphatic heterocycles. The van der Waals surface area contributed by atoms with E-state index in [0.717, 1.165) is 42.1 Å². The summed E-state index contributed by atoms with van der Waals surface area (Å²) in [5.41, 5.74) is 0.814. The molecule has 5 heteroatoms. The molecule has 0 bridgehead atoms. The summed E-state index contributed by atoms with van der Waals surface area (Å²) in [5.74, 6) is 0.0949. The van der Waals surface area contributed by atoms with Crippen molar-refractivity contribution in [3.63, 3.8) is 0 Å². The molecule has 4 nitrogen and oxygen atoms in total. The van der Waals surface area contributed by atoms with Gasteiger partial charge in [-0.25, -0.2) is 0 Å². The highest BCUT2D eigenvalue weighted by molar-refractivity contribution is 9.10. The van der Waals surface area contributed by atoms with Gasteiger partial charge in [0.05, 0.1) is 0 Å². The lowest BCUT2D eigenvalue weighted by Gasteiger charge is -2.32. The summed E-state index contributed by atoms with van der Waals surface area (Å²) in [4.78, 5) is 15.1. The quantitative estimate of drug-likeness (QED) is 0.905. The molecule has 4 rings (SSSR count). The highest BCUT2D eigenvalue weighted by Gasteiger charge is 2.33. The molecule has 1 N–H and O–H groups in total. The van der Waals surface area contributed by atoms with Gasteiger partial charge in [0.1, 0.15) is 5.69 Å². The minimum absolute atomic E-state index is 0.0949. The topological polar surface area (TPSA) is 37.3 Å². The Balaban J connectivity index is 1.37. The Bertz CT molecular complexity index is 540. The summed E-state index contributed by atoms with van der Waals surface area (Å²) < 4.78 is 3.14. The molecular weight excluding hydrogens is 330 g/mol. The minimum atomic E-state index is 0.0949. The Kier molecular flexibility index (Phi) is 3.58. The first-order chi connectivity index (χ1) is 10.2. The highest BCUT2D eigenvalue weighted by atomic mass is 79.9. The maximum atomic E-state index is 12.5. The van der Waals surface area contributed by atoms with E-state index in [1.54, 1.807) is 0 Å². The van der Waals surface area contributed by atoms with Gasteiger partial charge in [-0.15, -0.1) is 0 Å². The number of nitrogens with zero attached hydrogens (tertiary/aromatic N) is 2. The van der Waals surface area contributed by atoms with Crippen molar-refractivity contribution in [3.8, 4) is 0 Å². The first-order valence-corrected chi connectivity index (χ1v) is 8.92. The smallest absolute Gasteiger partial charge is 0.268 e. The summed E-state index contributed by atoms with van der Waals surface area (Å²) in [7, 11) is 0. The molecule has 2 aliphatic carbocycles. The van der Waals surface area contributed by atoms with Crippen LogP contribution in [0.3, 0.4) is 0 Å². The Labute approximate surface area is 134 Å². The number of nitrogens with one attached hydrogen (secondary N) is 1. The maximum absolute atomic E-state index is 12.5. The molecule has 1 aromatic heterocycles. The van der Waals surface area contributed by atoms with Crippen LogP contribution in [-0.4, -0.2) is 40.5 Å². The van der Waals surface area contributed by atoms with Gasteiger partial charge in [0.15, 0.2) is 0 Å². The molecule has 3 fully saturated rings.